The van der Waals surface area contributed by atoms with E-state index in [1.54, 1.807) is 18.2 Å². The first-order valence-corrected chi connectivity index (χ1v) is 6.98. The minimum atomic E-state index is -0.0874. The normalized spacial score (nSPS) is 12.6. The summed E-state index contributed by atoms with van der Waals surface area (Å²) in [5.41, 5.74) is 0.583. The Morgan fingerprint density at radius 2 is 2.17 bits per heavy atom. The lowest BCUT2D eigenvalue weighted by Crippen LogP contribution is -2.34. The summed E-state index contributed by atoms with van der Waals surface area (Å²) in [4.78, 5) is 14.1. The van der Waals surface area contributed by atoms with Crippen LogP contribution in [0.25, 0.3) is 0 Å². The predicted molar refractivity (Wildman–Crippen MR) is 79.3 cm³/mol. The van der Waals surface area contributed by atoms with Crippen molar-refractivity contribution in [3.63, 3.8) is 0 Å². The third-order valence-corrected chi connectivity index (χ3v) is 3.80. The third-order valence-electron chi connectivity index (χ3n) is 2.57. The molecule has 0 radical (unpaired) electrons. The van der Waals surface area contributed by atoms with E-state index in [2.05, 4.69) is 26.1 Å². The molecule has 0 saturated heterocycles. The molecule has 1 atom stereocenters. The second-order valence-corrected chi connectivity index (χ2v) is 5.86. The van der Waals surface area contributed by atoms with Crippen LogP contribution in [0.1, 0.15) is 23.7 Å². The summed E-state index contributed by atoms with van der Waals surface area (Å²) in [6.07, 6.45) is 0.920. The molecular weight excluding hydrogens is 316 g/mol. The van der Waals surface area contributed by atoms with Gasteiger partial charge >= 0.3 is 0 Å². The quantitative estimate of drug-likeness (QED) is 0.897. The molecule has 0 heterocycles. The van der Waals surface area contributed by atoms with Crippen molar-refractivity contribution < 1.29 is 4.79 Å². The van der Waals surface area contributed by atoms with E-state index >= 15 is 0 Å². The molecule has 0 aliphatic heterocycles. The molecule has 1 unspecified atom stereocenters. The molecule has 0 aromatic heterocycles. The molecule has 18 heavy (non-hydrogen) atoms. The zero-order chi connectivity index (χ0) is 13.7. The summed E-state index contributed by atoms with van der Waals surface area (Å²) in [5.74, 6) is -0.0874. The van der Waals surface area contributed by atoms with Gasteiger partial charge in [0, 0.05) is 16.1 Å². The highest BCUT2D eigenvalue weighted by Gasteiger charge is 2.11. The smallest absolute Gasteiger partial charge is 0.251 e. The van der Waals surface area contributed by atoms with E-state index in [1.165, 1.54) is 0 Å². The van der Waals surface area contributed by atoms with Crippen molar-refractivity contribution in [2.24, 2.45) is 0 Å². The van der Waals surface area contributed by atoms with E-state index in [4.69, 9.17) is 11.6 Å². The Bertz CT molecular complexity index is 423. The Hall–Kier alpha value is -0.580. The van der Waals surface area contributed by atoms with E-state index in [-0.39, 0.29) is 11.9 Å². The molecule has 5 heteroatoms. The zero-order valence-electron chi connectivity index (χ0n) is 10.8. The fourth-order valence-corrected chi connectivity index (χ4v) is 1.90. The number of carbonyl (C=O) groups excluding carboxylic acids is 1. The van der Waals surface area contributed by atoms with Crippen molar-refractivity contribution in [1.82, 2.24) is 10.2 Å². The lowest BCUT2D eigenvalue weighted by molar-refractivity contribution is 0.0937. The monoisotopic (exact) mass is 332 g/mol. The molecule has 0 bridgehead atoms. The maximum Gasteiger partial charge on any atom is 0.251 e. The Labute approximate surface area is 122 Å². The topological polar surface area (TPSA) is 32.3 Å². The van der Waals surface area contributed by atoms with Gasteiger partial charge in [-0.15, -0.1) is 0 Å². The number of nitrogens with zero attached hydrogens (tertiary/aromatic N) is 1. The predicted octanol–water partition coefficient (Wildman–Crippen LogP) is 3.17. The Kier molecular flexibility index (Phi) is 6.12. The van der Waals surface area contributed by atoms with Crippen LogP contribution in [0.5, 0.6) is 0 Å². The lowest BCUT2D eigenvalue weighted by atomic mass is 10.1. The first kappa shape index (κ1) is 15.5. The van der Waals surface area contributed by atoms with E-state index < -0.39 is 0 Å². The number of hydrogen-bond acceptors (Lipinski definition) is 2. The molecule has 1 rings (SSSR count). The molecule has 100 valence electrons. The average molecular weight is 334 g/mol. The van der Waals surface area contributed by atoms with Crippen LogP contribution in [-0.4, -0.2) is 37.5 Å². The maximum atomic E-state index is 12.0. The van der Waals surface area contributed by atoms with Gasteiger partial charge in [0.25, 0.3) is 5.91 Å². The van der Waals surface area contributed by atoms with Crippen molar-refractivity contribution in [1.29, 1.82) is 0 Å². The van der Waals surface area contributed by atoms with Crippen molar-refractivity contribution in [2.75, 3.05) is 20.6 Å². The minimum Gasteiger partial charge on any atom is -0.350 e. The number of amides is 1. The van der Waals surface area contributed by atoms with Gasteiger partial charge in [-0.1, -0.05) is 11.6 Å². The van der Waals surface area contributed by atoms with Crippen LogP contribution in [0.15, 0.2) is 22.7 Å². The third kappa shape index (κ3) is 4.96. The molecule has 0 aliphatic carbocycles. The van der Waals surface area contributed by atoms with Crippen molar-refractivity contribution in [2.45, 2.75) is 19.4 Å². The number of nitrogens with one attached hydrogen (secondary N) is 1. The first-order chi connectivity index (χ1) is 8.40. The van der Waals surface area contributed by atoms with Gasteiger partial charge in [-0.3, -0.25) is 4.79 Å². The van der Waals surface area contributed by atoms with Crippen molar-refractivity contribution in [3.05, 3.63) is 33.3 Å². The van der Waals surface area contributed by atoms with Gasteiger partial charge in [0.15, 0.2) is 0 Å². The highest BCUT2D eigenvalue weighted by Crippen LogP contribution is 2.23. The van der Waals surface area contributed by atoms with Gasteiger partial charge in [-0.2, -0.15) is 0 Å². The van der Waals surface area contributed by atoms with Crippen LogP contribution in [0.2, 0.25) is 5.02 Å². The highest BCUT2D eigenvalue weighted by atomic mass is 79.9. The number of halogens is 2. The highest BCUT2D eigenvalue weighted by molar-refractivity contribution is 9.10. The zero-order valence-corrected chi connectivity index (χ0v) is 13.2. The van der Waals surface area contributed by atoms with Crippen molar-refractivity contribution in [3.8, 4) is 0 Å². The van der Waals surface area contributed by atoms with Crippen LogP contribution in [0.3, 0.4) is 0 Å². The van der Waals surface area contributed by atoms with Crippen LogP contribution >= 0.6 is 27.5 Å². The summed E-state index contributed by atoms with van der Waals surface area (Å²) in [6, 6.07) is 5.34. The molecule has 0 saturated carbocycles. The van der Waals surface area contributed by atoms with E-state index in [9.17, 15) is 4.79 Å². The number of hydrogen-bond donors (Lipinski definition) is 1. The standard InChI is InChI=1S/C13H18BrClN2O/c1-9(6-7-17(2)3)16-13(18)10-4-5-11(14)12(15)8-10/h4-5,8-9H,6-7H2,1-3H3,(H,16,18). The summed E-state index contributed by atoms with van der Waals surface area (Å²) in [6.45, 7) is 2.95. The molecule has 1 aromatic carbocycles. The second kappa shape index (κ2) is 7.12. The lowest BCUT2D eigenvalue weighted by Gasteiger charge is -2.16. The molecule has 1 aromatic rings. The van der Waals surface area contributed by atoms with E-state index in [1.807, 2.05) is 21.0 Å². The first-order valence-electron chi connectivity index (χ1n) is 5.81. The van der Waals surface area contributed by atoms with E-state index in [0.717, 1.165) is 17.4 Å². The van der Waals surface area contributed by atoms with Gasteiger partial charge < -0.3 is 10.2 Å². The van der Waals surface area contributed by atoms with Crippen LogP contribution in [0.4, 0.5) is 0 Å². The van der Waals surface area contributed by atoms with Gasteiger partial charge in [-0.05, 0) is 68.1 Å². The number of rotatable bonds is 5. The Morgan fingerprint density at radius 3 is 2.72 bits per heavy atom. The summed E-state index contributed by atoms with van der Waals surface area (Å²) >= 11 is 9.26. The van der Waals surface area contributed by atoms with Gasteiger partial charge in [-0.25, -0.2) is 0 Å². The van der Waals surface area contributed by atoms with Crippen LogP contribution < -0.4 is 5.32 Å². The average Bonchev–Trinajstić information content (AvgIpc) is 2.30. The summed E-state index contributed by atoms with van der Waals surface area (Å²) < 4.78 is 0.793. The minimum absolute atomic E-state index is 0.0874. The molecule has 0 aliphatic rings. The molecular formula is C13H18BrClN2O. The molecule has 0 spiro atoms. The van der Waals surface area contributed by atoms with Gasteiger partial charge in [0.1, 0.15) is 0 Å². The SMILES string of the molecule is CC(CCN(C)C)NC(=O)c1ccc(Br)c(Cl)c1. The molecule has 1 amide bonds. The molecule has 1 N–H and O–H groups in total. The van der Waals surface area contributed by atoms with Gasteiger partial charge in [0.2, 0.25) is 0 Å². The summed E-state index contributed by atoms with van der Waals surface area (Å²) in [7, 11) is 4.03. The fraction of sp³-hybridized carbons (Fsp3) is 0.462. The molecule has 0 fully saturated rings. The van der Waals surface area contributed by atoms with Crippen LogP contribution in [0, 0.1) is 0 Å². The summed E-state index contributed by atoms with van der Waals surface area (Å²) in [5, 5.41) is 3.50. The maximum absolute atomic E-state index is 12.0. The number of carbonyl (C=O) groups is 1. The van der Waals surface area contributed by atoms with Gasteiger partial charge in [0.05, 0.1) is 5.02 Å². The largest absolute Gasteiger partial charge is 0.350 e. The fourth-order valence-electron chi connectivity index (χ4n) is 1.47. The Morgan fingerprint density at radius 1 is 1.50 bits per heavy atom. The number of benzene rings is 1. The van der Waals surface area contributed by atoms with Crippen LogP contribution in [-0.2, 0) is 0 Å². The molecule has 3 nitrogen and oxygen atoms in total. The van der Waals surface area contributed by atoms with E-state index in [0.29, 0.717) is 10.6 Å². The Balaban J connectivity index is 2.56. The van der Waals surface area contributed by atoms with Crippen molar-refractivity contribution >= 4 is 33.4 Å². The second-order valence-electron chi connectivity index (χ2n) is 4.60.